The van der Waals surface area contributed by atoms with Crippen LogP contribution in [-0.2, 0) is 0 Å². The monoisotopic (exact) mass is 341 g/mol. The third-order valence-corrected chi connectivity index (χ3v) is 3.53. The van der Waals surface area contributed by atoms with Gasteiger partial charge in [0.2, 0.25) is 0 Å². The highest BCUT2D eigenvalue weighted by atomic mass is 35.5. The lowest BCUT2D eigenvalue weighted by molar-refractivity contribution is 0.102. The first-order valence-electron chi connectivity index (χ1n) is 7.17. The van der Waals surface area contributed by atoms with Crippen LogP contribution < -0.4 is 10.6 Å². The van der Waals surface area contributed by atoms with Crippen LogP contribution in [0.2, 0.25) is 5.02 Å². The zero-order chi connectivity index (χ0) is 16.9. The van der Waals surface area contributed by atoms with Crippen LogP contribution in [-0.4, -0.2) is 10.9 Å². The van der Waals surface area contributed by atoms with Gasteiger partial charge in [-0.25, -0.2) is 9.37 Å². The maximum Gasteiger partial charge on any atom is 0.259 e. The summed E-state index contributed by atoms with van der Waals surface area (Å²) in [6.45, 7) is 0. The molecule has 2 aromatic carbocycles. The summed E-state index contributed by atoms with van der Waals surface area (Å²) < 4.78 is 13.7. The second-order valence-corrected chi connectivity index (χ2v) is 5.40. The van der Waals surface area contributed by atoms with E-state index in [1.54, 1.807) is 54.7 Å². The van der Waals surface area contributed by atoms with Gasteiger partial charge in [0, 0.05) is 16.9 Å². The van der Waals surface area contributed by atoms with Crippen LogP contribution in [0.3, 0.4) is 0 Å². The fourth-order valence-corrected chi connectivity index (χ4v) is 2.24. The molecular formula is C18H13ClFN3O. The number of carbonyl (C=O) groups excluding carboxylic acids is 1. The standard InChI is InChI=1S/C18H13ClFN3O/c19-12-7-9-13(10-8-12)22-17-14(4-3-11-21-17)18(24)23-16-6-2-1-5-15(16)20/h1-11H,(H,21,22)(H,23,24). The number of pyridine rings is 1. The van der Waals surface area contributed by atoms with E-state index in [0.29, 0.717) is 16.4 Å². The molecule has 0 aliphatic rings. The molecule has 6 heteroatoms. The van der Waals surface area contributed by atoms with Gasteiger partial charge in [-0.15, -0.1) is 0 Å². The molecule has 0 unspecified atom stereocenters. The summed E-state index contributed by atoms with van der Waals surface area (Å²) in [4.78, 5) is 16.6. The quantitative estimate of drug-likeness (QED) is 0.711. The van der Waals surface area contributed by atoms with Crippen LogP contribution in [0.5, 0.6) is 0 Å². The third kappa shape index (κ3) is 3.70. The zero-order valence-corrected chi connectivity index (χ0v) is 13.2. The van der Waals surface area contributed by atoms with Crippen molar-refractivity contribution < 1.29 is 9.18 Å². The predicted octanol–water partition coefficient (Wildman–Crippen LogP) is 4.87. The van der Waals surface area contributed by atoms with E-state index in [2.05, 4.69) is 15.6 Å². The number of amides is 1. The molecule has 120 valence electrons. The molecule has 0 atom stereocenters. The summed E-state index contributed by atoms with van der Waals surface area (Å²) in [6, 6.07) is 16.2. The van der Waals surface area contributed by atoms with Gasteiger partial charge in [-0.05, 0) is 48.5 Å². The lowest BCUT2D eigenvalue weighted by Gasteiger charge is -2.11. The second kappa shape index (κ2) is 7.10. The summed E-state index contributed by atoms with van der Waals surface area (Å²) in [5.74, 6) is -0.583. The van der Waals surface area contributed by atoms with Crippen molar-refractivity contribution in [3.8, 4) is 0 Å². The Hall–Kier alpha value is -2.92. The van der Waals surface area contributed by atoms with Crippen molar-refractivity contribution in [2.45, 2.75) is 0 Å². The van der Waals surface area contributed by atoms with Crippen LogP contribution in [0.25, 0.3) is 0 Å². The number of carbonyl (C=O) groups is 1. The summed E-state index contributed by atoms with van der Waals surface area (Å²) in [5.41, 5.74) is 1.15. The minimum absolute atomic E-state index is 0.115. The van der Waals surface area contributed by atoms with Gasteiger partial charge >= 0.3 is 0 Å². The van der Waals surface area contributed by atoms with Crippen LogP contribution in [0.4, 0.5) is 21.6 Å². The number of aromatic nitrogens is 1. The minimum Gasteiger partial charge on any atom is -0.340 e. The lowest BCUT2D eigenvalue weighted by Crippen LogP contribution is -2.15. The van der Waals surface area contributed by atoms with Crippen molar-refractivity contribution in [1.82, 2.24) is 4.98 Å². The average Bonchev–Trinajstić information content (AvgIpc) is 2.59. The molecule has 24 heavy (non-hydrogen) atoms. The van der Waals surface area contributed by atoms with Crippen LogP contribution in [0, 0.1) is 5.82 Å². The Balaban J connectivity index is 1.84. The maximum absolute atomic E-state index is 13.7. The maximum atomic E-state index is 13.7. The van der Waals surface area contributed by atoms with Gasteiger partial charge in [-0.2, -0.15) is 0 Å². The van der Waals surface area contributed by atoms with Crippen molar-refractivity contribution in [2.24, 2.45) is 0 Å². The minimum atomic E-state index is -0.498. The summed E-state index contributed by atoms with van der Waals surface area (Å²) in [5, 5.41) is 6.21. The molecule has 4 nitrogen and oxygen atoms in total. The molecule has 0 aliphatic heterocycles. The first-order valence-corrected chi connectivity index (χ1v) is 7.55. The average molecular weight is 342 g/mol. The Bertz CT molecular complexity index is 868. The van der Waals surface area contributed by atoms with E-state index >= 15 is 0 Å². The Morgan fingerprint density at radius 3 is 2.50 bits per heavy atom. The van der Waals surface area contributed by atoms with E-state index in [-0.39, 0.29) is 5.69 Å². The van der Waals surface area contributed by atoms with Gasteiger partial charge in [-0.3, -0.25) is 4.79 Å². The van der Waals surface area contributed by atoms with Crippen molar-refractivity contribution in [3.63, 3.8) is 0 Å². The normalized spacial score (nSPS) is 10.2. The number of anilines is 3. The zero-order valence-electron chi connectivity index (χ0n) is 12.5. The Kier molecular flexibility index (Phi) is 4.72. The highest BCUT2D eigenvalue weighted by Gasteiger charge is 2.14. The topological polar surface area (TPSA) is 54.0 Å². The Morgan fingerprint density at radius 1 is 1.00 bits per heavy atom. The molecule has 3 rings (SSSR count). The van der Waals surface area contributed by atoms with Gasteiger partial charge in [0.1, 0.15) is 11.6 Å². The van der Waals surface area contributed by atoms with E-state index in [1.165, 1.54) is 12.1 Å². The lowest BCUT2D eigenvalue weighted by atomic mass is 10.2. The largest absolute Gasteiger partial charge is 0.340 e. The molecule has 0 saturated heterocycles. The van der Waals surface area contributed by atoms with Gasteiger partial charge < -0.3 is 10.6 Å². The summed E-state index contributed by atoms with van der Waals surface area (Å²) in [7, 11) is 0. The second-order valence-electron chi connectivity index (χ2n) is 4.97. The summed E-state index contributed by atoms with van der Waals surface area (Å²) in [6.07, 6.45) is 1.57. The third-order valence-electron chi connectivity index (χ3n) is 3.28. The molecule has 1 amide bonds. The van der Waals surface area contributed by atoms with Crippen molar-refractivity contribution in [2.75, 3.05) is 10.6 Å². The van der Waals surface area contributed by atoms with E-state index in [1.807, 2.05) is 0 Å². The number of halogens is 2. The number of benzene rings is 2. The van der Waals surface area contributed by atoms with Crippen molar-refractivity contribution in [1.29, 1.82) is 0 Å². The molecule has 0 spiro atoms. The van der Waals surface area contributed by atoms with Gasteiger partial charge in [-0.1, -0.05) is 23.7 Å². The number of nitrogens with zero attached hydrogens (tertiary/aromatic N) is 1. The summed E-state index contributed by atoms with van der Waals surface area (Å²) >= 11 is 5.86. The molecule has 0 aliphatic carbocycles. The SMILES string of the molecule is O=C(Nc1ccccc1F)c1cccnc1Nc1ccc(Cl)cc1. The molecule has 3 aromatic rings. The highest BCUT2D eigenvalue weighted by Crippen LogP contribution is 2.22. The van der Waals surface area contributed by atoms with E-state index in [4.69, 9.17) is 11.6 Å². The molecular weight excluding hydrogens is 329 g/mol. The molecule has 0 radical (unpaired) electrons. The molecule has 1 aromatic heterocycles. The molecule has 1 heterocycles. The van der Waals surface area contributed by atoms with Gasteiger partial charge in [0.15, 0.2) is 0 Å². The number of rotatable bonds is 4. The van der Waals surface area contributed by atoms with Crippen LogP contribution in [0.15, 0.2) is 66.9 Å². The van der Waals surface area contributed by atoms with E-state index in [9.17, 15) is 9.18 Å². The fourth-order valence-electron chi connectivity index (χ4n) is 2.11. The highest BCUT2D eigenvalue weighted by molar-refractivity contribution is 6.30. The van der Waals surface area contributed by atoms with E-state index in [0.717, 1.165) is 5.69 Å². The molecule has 0 bridgehead atoms. The Labute approximate surface area is 143 Å². The van der Waals surface area contributed by atoms with Gasteiger partial charge in [0.05, 0.1) is 11.3 Å². The first kappa shape index (κ1) is 16.0. The van der Waals surface area contributed by atoms with Gasteiger partial charge in [0.25, 0.3) is 5.91 Å². The molecule has 0 fully saturated rings. The van der Waals surface area contributed by atoms with Crippen LogP contribution >= 0.6 is 11.6 Å². The molecule has 2 N–H and O–H groups in total. The first-order chi connectivity index (χ1) is 11.6. The Morgan fingerprint density at radius 2 is 1.75 bits per heavy atom. The fraction of sp³-hybridized carbons (Fsp3) is 0. The number of para-hydroxylation sites is 1. The van der Waals surface area contributed by atoms with E-state index < -0.39 is 11.7 Å². The number of hydrogen-bond acceptors (Lipinski definition) is 3. The predicted molar refractivity (Wildman–Crippen MR) is 93.3 cm³/mol. The van der Waals surface area contributed by atoms with Crippen molar-refractivity contribution >= 4 is 34.7 Å². The van der Waals surface area contributed by atoms with Crippen LogP contribution in [0.1, 0.15) is 10.4 Å². The number of nitrogens with one attached hydrogen (secondary N) is 2. The smallest absolute Gasteiger partial charge is 0.259 e. The molecule has 0 saturated carbocycles. The number of hydrogen-bond donors (Lipinski definition) is 2. The van der Waals surface area contributed by atoms with Crippen molar-refractivity contribution in [3.05, 3.63) is 83.3 Å².